The van der Waals surface area contributed by atoms with Crippen LogP contribution in [0.5, 0.6) is 0 Å². The van der Waals surface area contributed by atoms with Crippen LogP contribution < -0.4 is 0 Å². The van der Waals surface area contributed by atoms with Crippen LogP contribution in [0.25, 0.3) is 0 Å². The minimum Gasteiger partial charge on any atom is -0.478 e. The van der Waals surface area contributed by atoms with Crippen LogP contribution in [0.15, 0.2) is 22.8 Å². The predicted octanol–water partition coefficient (Wildman–Crippen LogP) is 4.03. The van der Waals surface area contributed by atoms with Crippen molar-refractivity contribution < 1.29 is 19.8 Å². The molecular weight excluding hydrogens is 328 g/mol. The molecular formula is C22H30O4. The number of carbonyl (C=O) groups is 2. The highest BCUT2D eigenvalue weighted by Crippen LogP contribution is 2.68. The highest BCUT2D eigenvalue weighted by molar-refractivity contribution is 5.91. The molecule has 0 heterocycles. The molecule has 3 fully saturated rings. The lowest BCUT2D eigenvalue weighted by Crippen LogP contribution is -2.62. The van der Waals surface area contributed by atoms with Crippen LogP contribution in [-0.4, -0.2) is 27.6 Å². The van der Waals surface area contributed by atoms with E-state index in [9.17, 15) is 19.8 Å². The summed E-state index contributed by atoms with van der Waals surface area (Å²) in [6.07, 6.45) is 8.21. The van der Waals surface area contributed by atoms with Crippen LogP contribution in [0.3, 0.4) is 0 Å². The molecule has 26 heavy (non-hydrogen) atoms. The Morgan fingerprint density at radius 3 is 2.46 bits per heavy atom. The summed E-state index contributed by atoms with van der Waals surface area (Å²) in [6.45, 7) is 6.13. The third kappa shape index (κ3) is 2.11. The molecule has 3 saturated carbocycles. The number of aliphatic hydroxyl groups is 1. The second kappa shape index (κ2) is 5.54. The Labute approximate surface area is 155 Å². The first-order valence-corrected chi connectivity index (χ1v) is 10.0. The molecule has 0 saturated heterocycles. The first kappa shape index (κ1) is 18.0. The Hall–Kier alpha value is -1.42. The maximum absolute atomic E-state index is 11.9. The standard InChI is InChI=1S/C22H30O4/c1-13(19(24)25)16-6-7-17-18-5-4-14-12-15(23)8-9-21(14,3)22(18,26)11-10-20(16,17)2/h12,17-18,26H,4-11H2,1-3H3,(H,24,25)/t17-,18-,20+,21-,22+/m0/s1. The van der Waals surface area contributed by atoms with Crippen molar-refractivity contribution in [1.82, 2.24) is 0 Å². The Morgan fingerprint density at radius 2 is 1.77 bits per heavy atom. The lowest BCUT2D eigenvalue weighted by molar-refractivity contribution is -0.183. The summed E-state index contributed by atoms with van der Waals surface area (Å²) in [7, 11) is 0. The molecule has 0 amide bonds. The van der Waals surface area contributed by atoms with Gasteiger partial charge in [-0.05, 0) is 75.2 Å². The average molecular weight is 358 g/mol. The van der Waals surface area contributed by atoms with Gasteiger partial charge in [0, 0.05) is 17.4 Å². The van der Waals surface area contributed by atoms with Gasteiger partial charge in [0.05, 0.1) is 5.60 Å². The van der Waals surface area contributed by atoms with Gasteiger partial charge in [0.1, 0.15) is 0 Å². The maximum atomic E-state index is 11.9. The van der Waals surface area contributed by atoms with Crippen molar-refractivity contribution in [2.45, 2.75) is 77.7 Å². The zero-order valence-electron chi connectivity index (χ0n) is 16.1. The van der Waals surface area contributed by atoms with Gasteiger partial charge in [-0.2, -0.15) is 0 Å². The number of carbonyl (C=O) groups excluding carboxylic acids is 1. The number of fused-ring (bicyclic) bond motifs is 5. The molecule has 2 N–H and O–H groups in total. The summed E-state index contributed by atoms with van der Waals surface area (Å²) in [6, 6.07) is 0. The minimum absolute atomic E-state index is 0.110. The summed E-state index contributed by atoms with van der Waals surface area (Å²) in [5, 5.41) is 21.4. The van der Waals surface area contributed by atoms with E-state index >= 15 is 0 Å². The van der Waals surface area contributed by atoms with Crippen molar-refractivity contribution in [3.05, 3.63) is 22.8 Å². The van der Waals surface area contributed by atoms with Crippen LogP contribution in [0.1, 0.15) is 72.1 Å². The summed E-state index contributed by atoms with van der Waals surface area (Å²) in [4.78, 5) is 23.5. The third-order valence-electron chi connectivity index (χ3n) is 8.71. The smallest absolute Gasteiger partial charge is 0.331 e. The number of rotatable bonds is 1. The normalized spacial score (nSPS) is 46.8. The number of carboxylic acids is 1. The van der Waals surface area contributed by atoms with Crippen LogP contribution in [0, 0.1) is 22.7 Å². The van der Waals surface area contributed by atoms with Gasteiger partial charge >= 0.3 is 5.97 Å². The average Bonchev–Trinajstić information content (AvgIpc) is 2.93. The van der Waals surface area contributed by atoms with E-state index in [1.807, 2.05) is 0 Å². The molecule has 0 aromatic carbocycles. The maximum Gasteiger partial charge on any atom is 0.331 e. The number of hydrogen-bond donors (Lipinski definition) is 2. The molecule has 4 aliphatic carbocycles. The van der Waals surface area contributed by atoms with Gasteiger partial charge in [-0.3, -0.25) is 4.79 Å². The second-order valence-corrected chi connectivity index (χ2v) is 9.51. The van der Waals surface area contributed by atoms with Crippen molar-refractivity contribution in [3.63, 3.8) is 0 Å². The third-order valence-corrected chi connectivity index (χ3v) is 8.71. The van der Waals surface area contributed by atoms with E-state index in [1.165, 1.54) is 0 Å². The fourth-order valence-electron chi connectivity index (χ4n) is 7.06. The predicted molar refractivity (Wildman–Crippen MR) is 98.5 cm³/mol. The van der Waals surface area contributed by atoms with Gasteiger partial charge in [-0.1, -0.05) is 25.0 Å². The van der Waals surface area contributed by atoms with Crippen molar-refractivity contribution in [2.24, 2.45) is 22.7 Å². The summed E-state index contributed by atoms with van der Waals surface area (Å²) in [5.41, 5.74) is 1.57. The molecule has 4 aliphatic rings. The topological polar surface area (TPSA) is 74.6 Å². The fourth-order valence-corrected chi connectivity index (χ4v) is 7.06. The van der Waals surface area contributed by atoms with E-state index < -0.39 is 11.6 Å². The first-order chi connectivity index (χ1) is 12.1. The lowest BCUT2D eigenvalue weighted by Gasteiger charge is -2.62. The Kier molecular flexibility index (Phi) is 3.83. The monoisotopic (exact) mass is 358 g/mol. The van der Waals surface area contributed by atoms with Gasteiger partial charge in [0.15, 0.2) is 5.78 Å². The van der Waals surface area contributed by atoms with Gasteiger partial charge in [-0.25, -0.2) is 4.79 Å². The van der Waals surface area contributed by atoms with E-state index in [4.69, 9.17) is 0 Å². The van der Waals surface area contributed by atoms with Gasteiger partial charge in [0.25, 0.3) is 0 Å². The lowest BCUT2D eigenvalue weighted by atomic mass is 9.45. The highest BCUT2D eigenvalue weighted by atomic mass is 16.4. The van der Waals surface area contributed by atoms with Gasteiger partial charge in [0.2, 0.25) is 0 Å². The molecule has 0 aliphatic heterocycles. The van der Waals surface area contributed by atoms with Crippen molar-refractivity contribution in [3.8, 4) is 0 Å². The zero-order valence-corrected chi connectivity index (χ0v) is 16.1. The highest BCUT2D eigenvalue weighted by Gasteiger charge is 2.65. The van der Waals surface area contributed by atoms with Crippen molar-refractivity contribution in [2.75, 3.05) is 0 Å². The van der Waals surface area contributed by atoms with E-state index in [-0.39, 0.29) is 22.5 Å². The summed E-state index contributed by atoms with van der Waals surface area (Å²) < 4.78 is 0. The largest absolute Gasteiger partial charge is 0.478 e. The van der Waals surface area contributed by atoms with E-state index in [0.717, 1.165) is 49.7 Å². The minimum atomic E-state index is -0.811. The molecule has 4 nitrogen and oxygen atoms in total. The Balaban J connectivity index is 1.75. The van der Waals surface area contributed by atoms with Gasteiger partial charge < -0.3 is 10.2 Å². The fraction of sp³-hybridized carbons (Fsp3) is 0.727. The van der Waals surface area contributed by atoms with Crippen molar-refractivity contribution in [1.29, 1.82) is 0 Å². The van der Waals surface area contributed by atoms with Gasteiger partial charge in [-0.15, -0.1) is 0 Å². The number of aliphatic carboxylic acids is 1. The Morgan fingerprint density at radius 1 is 1.08 bits per heavy atom. The molecule has 0 radical (unpaired) electrons. The summed E-state index contributed by atoms with van der Waals surface area (Å²) >= 11 is 0. The van der Waals surface area contributed by atoms with Crippen molar-refractivity contribution >= 4 is 11.8 Å². The Bertz CT molecular complexity index is 747. The van der Waals surface area contributed by atoms with E-state index in [2.05, 4.69) is 13.8 Å². The molecule has 0 aromatic rings. The van der Waals surface area contributed by atoms with Crippen LogP contribution in [0.4, 0.5) is 0 Å². The zero-order chi connectivity index (χ0) is 18.9. The van der Waals surface area contributed by atoms with Crippen LogP contribution in [0.2, 0.25) is 0 Å². The number of hydrogen-bond acceptors (Lipinski definition) is 3. The SMILES string of the molecule is CC(C(=O)O)=C1CC[C@H]2[C@@H]3CCC4=CC(=O)CC[C@]4(C)[C@@]3(O)CC[C@]12C. The molecule has 0 spiro atoms. The number of allylic oxidation sites excluding steroid dienone is 1. The molecule has 5 atom stereocenters. The number of carboxylic acid groups (broad SMARTS) is 1. The quantitative estimate of drug-likeness (QED) is 0.694. The van der Waals surface area contributed by atoms with Crippen LogP contribution >= 0.6 is 0 Å². The molecule has 4 rings (SSSR count). The molecule has 142 valence electrons. The second-order valence-electron chi connectivity index (χ2n) is 9.51. The summed E-state index contributed by atoms with van der Waals surface area (Å²) in [5.74, 6) is -0.0880. The first-order valence-electron chi connectivity index (χ1n) is 10.0. The number of ketones is 1. The molecule has 0 unspecified atom stereocenters. The van der Waals surface area contributed by atoms with Crippen LogP contribution in [-0.2, 0) is 9.59 Å². The molecule has 4 heteroatoms. The van der Waals surface area contributed by atoms with E-state index in [0.29, 0.717) is 24.3 Å². The van der Waals surface area contributed by atoms with E-state index in [1.54, 1.807) is 13.0 Å². The molecule has 0 aromatic heterocycles. The molecule has 0 bridgehead atoms.